The first-order valence-corrected chi connectivity index (χ1v) is 12.1. The van der Waals surface area contributed by atoms with Crippen LogP contribution in [0.3, 0.4) is 0 Å². The predicted octanol–water partition coefficient (Wildman–Crippen LogP) is 4.64. The lowest BCUT2D eigenvalue weighted by molar-refractivity contribution is -0.201. The van der Waals surface area contributed by atoms with E-state index in [1.165, 1.54) is 26.7 Å². The Labute approximate surface area is 181 Å². The number of rotatable bonds is 3. The van der Waals surface area contributed by atoms with Crippen LogP contribution in [0.25, 0.3) is 0 Å². The highest BCUT2D eigenvalue weighted by atomic mass is 16.6. The molecule has 0 spiro atoms. The molecule has 0 aliphatic heterocycles. The number of hydrogen-bond acceptors (Lipinski definition) is 5. The van der Waals surface area contributed by atoms with Crippen LogP contribution in [0, 0.1) is 34.5 Å². The van der Waals surface area contributed by atoms with Gasteiger partial charge in [-0.05, 0) is 93.8 Å². The van der Waals surface area contributed by atoms with Gasteiger partial charge in [0.25, 0.3) is 0 Å². The van der Waals surface area contributed by atoms with Crippen LogP contribution in [-0.2, 0) is 19.1 Å². The Bertz CT molecular complexity index is 706. The standard InChI is InChI=1S/C25H40O5/c1-15(29-16(2)26)25(28)13-10-22-20-7-6-18-14-19(30-17(3)27)8-11-23(18,4)21(20)9-12-24(22,25)5/h15,18-22,28H,6-14H2,1-5H3/t15-,18+,19+,20+,21-,22-,23+,24+,25-/m1/s1. The highest BCUT2D eigenvalue weighted by molar-refractivity contribution is 5.66. The third kappa shape index (κ3) is 3.22. The minimum atomic E-state index is -0.932. The van der Waals surface area contributed by atoms with E-state index in [0.29, 0.717) is 29.1 Å². The maximum absolute atomic E-state index is 11.7. The Morgan fingerprint density at radius 2 is 1.63 bits per heavy atom. The number of aliphatic hydroxyl groups is 1. The van der Waals surface area contributed by atoms with Crippen LogP contribution in [0.2, 0.25) is 0 Å². The summed E-state index contributed by atoms with van der Waals surface area (Å²) in [5.41, 5.74) is -0.816. The molecule has 1 N–H and O–H groups in total. The number of ether oxygens (including phenoxy) is 2. The zero-order valence-corrected chi connectivity index (χ0v) is 19.4. The van der Waals surface area contributed by atoms with Gasteiger partial charge in [0.15, 0.2) is 0 Å². The molecular formula is C25H40O5. The van der Waals surface area contributed by atoms with Crippen LogP contribution in [0.1, 0.15) is 92.4 Å². The van der Waals surface area contributed by atoms with Gasteiger partial charge in [0, 0.05) is 19.3 Å². The van der Waals surface area contributed by atoms with Crippen LogP contribution in [0.4, 0.5) is 0 Å². The summed E-state index contributed by atoms with van der Waals surface area (Å²) in [6, 6.07) is 0. The Balaban J connectivity index is 1.54. The Hall–Kier alpha value is -1.10. The molecule has 4 aliphatic carbocycles. The molecule has 0 bridgehead atoms. The van der Waals surface area contributed by atoms with E-state index in [1.54, 1.807) is 0 Å². The molecule has 170 valence electrons. The lowest BCUT2D eigenvalue weighted by atomic mass is 9.44. The van der Waals surface area contributed by atoms with Crippen molar-refractivity contribution in [3.05, 3.63) is 0 Å². The van der Waals surface area contributed by atoms with Crippen molar-refractivity contribution in [3.63, 3.8) is 0 Å². The van der Waals surface area contributed by atoms with E-state index >= 15 is 0 Å². The van der Waals surface area contributed by atoms with Crippen LogP contribution >= 0.6 is 0 Å². The summed E-state index contributed by atoms with van der Waals surface area (Å²) < 4.78 is 11.1. The van der Waals surface area contributed by atoms with Gasteiger partial charge in [0.1, 0.15) is 17.8 Å². The van der Waals surface area contributed by atoms with Crippen LogP contribution in [-0.4, -0.2) is 34.9 Å². The molecule has 0 aromatic rings. The zero-order valence-electron chi connectivity index (χ0n) is 19.4. The first-order valence-electron chi connectivity index (χ1n) is 12.1. The predicted molar refractivity (Wildman–Crippen MR) is 113 cm³/mol. The molecule has 9 atom stereocenters. The minimum Gasteiger partial charge on any atom is -0.463 e. The fraction of sp³-hybridized carbons (Fsp3) is 0.920. The summed E-state index contributed by atoms with van der Waals surface area (Å²) in [4.78, 5) is 23.0. The van der Waals surface area contributed by atoms with Gasteiger partial charge in [0.2, 0.25) is 0 Å². The summed E-state index contributed by atoms with van der Waals surface area (Å²) >= 11 is 0. The SMILES string of the molecule is CC(=O)O[C@H]1CC[C@@]2(C)[C@@H](CC[C@H]3[C@H]2CC[C@@]2(C)[C@@H]3CC[C@@]2(O)[C@@H](C)OC(C)=O)C1. The van der Waals surface area contributed by atoms with E-state index in [2.05, 4.69) is 13.8 Å². The highest BCUT2D eigenvalue weighted by Crippen LogP contribution is 2.68. The number of esters is 2. The molecule has 0 amide bonds. The van der Waals surface area contributed by atoms with E-state index < -0.39 is 11.7 Å². The van der Waals surface area contributed by atoms with Gasteiger partial charge in [-0.3, -0.25) is 9.59 Å². The number of carbonyl (C=O) groups excluding carboxylic acids is 2. The molecule has 5 heteroatoms. The monoisotopic (exact) mass is 420 g/mol. The largest absolute Gasteiger partial charge is 0.463 e. The van der Waals surface area contributed by atoms with Gasteiger partial charge in [-0.15, -0.1) is 0 Å². The molecule has 4 saturated carbocycles. The molecule has 0 radical (unpaired) electrons. The van der Waals surface area contributed by atoms with Crippen molar-refractivity contribution < 1.29 is 24.2 Å². The number of hydrogen-bond donors (Lipinski definition) is 1. The summed E-state index contributed by atoms with van der Waals surface area (Å²) in [6.45, 7) is 9.57. The third-order valence-electron chi connectivity index (χ3n) is 10.2. The summed E-state index contributed by atoms with van der Waals surface area (Å²) in [7, 11) is 0. The molecule has 4 aliphatic rings. The molecule has 30 heavy (non-hydrogen) atoms. The smallest absolute Gasteiger partial charge is 0.302 e. The molecule has 0 saturated heterocycles. The topological polar surface area (TPSA) is 72.8 Å². The molecule has 5 nitrogen and oxygen atoms in total. The second-order valence-corrected chi connectivity index (χ2v) is 11.3. The van der Waals surface area contributed by atoms with Crippen LogP contribution in [0.15, 0.2) is 0 Å². The fourth-order valence-corrected chi connectivity index (χ4v) is 8.63. The van der Waals surface area contributed by atoms with Crippen LogP contribution < -0.4 is 0 Å². The first kappa shape index (κ1) is 22.1. The summed E-state index contributed by atoms with van der Waals surface area (Å²) in [6.07, 6.45) is 9.02. The van der Waals surface area contributed by atoms with Crippen molar-refractivity contribution in [3.8, 4) is 0 Å². The average Bonchev–Trinajstić information content (AvgIpc) is 2.93. The zero-order chi connectivity index (χ0) is 21.9. The normalized spacial score (nSPS) is 48.7. The van der Waals surface area contributed by atoms with Gasteiger partial charge in [-0.1, -0.05) is 13.8 Å². The molecular weight excluding hydrogens is 380 g/mol. The van der Waals surface area contributed by atoms with E-state index in [-0.39, 0.29) is 23.5 Å². The molecule has 0 unspecified atom stereocenters. The van der Waals surface area contributed by atoms with Crippen molar-refractivity contribution in [2.24, 2.45) is 34.5 Å². The molecule has 0 aromatic heterocycles. The minimum absolute atomic E-state index is 0.0899. The third-order valence-corrected chi connectivity index (χ3v) is 10.2. The summed E-state index contributed by atoms with van der Waals surface area (Å²) in [5, 5.41) is 11.7. The lowest BCUT2D eigenvalue weighted by Gasteiger charge is -2.62. The molecule has 4 fully saturated rings. The fourth-order valence-electron chi connectivity index (χ4n) is 8.63. The van der Waals surface area contributed by atoms with Crippen molar-refractivity contribution in [2.75, 3.05) is 0 Å². The summed E-state index contributed by atoms with van der Waals surface area (Å²) in [5.74, 6) is 1.96. The van der Waals surface area contributed by atoms with Gasteiger partial charge in [0.05, 0.1) is 0 Å². The quantitative estimate of drug-likeness (QED) is 0.673. The lowest BCUT2D eigenvalue weighted by Crippen LogP contribution is -2.60. The Morgan fingerprint density at radius 1 is 0.933 bits per heavy atom. The second-order valence-electron chi connectivity index (χ2n) is 11.3. The van der Waals surface area contributed by atoms with E-state index in [9.17, 15) is 14.7 Å². The van der Waals surface area contributed by atoms with Crippen LogP contribution in [0.5, 0.6) is 0 Å². The average molecular weight is 421 g/mol. The number of carbonyl (C=O) groups is 2. The van der Waals surface area contributed by atoms with Gasteiger partial charge in [-0.25, -0.2) is 0 Å². The van der Waals surface area contributed by atoms with Crippen molar-refractivity contribution in [1.82, 2.24) is 0 Å². The van der Waals surface area contributed by atoms with Crippen molar-refractivity contribution in [2.45, 2.75) is 110 Å². The molecule has 0 aromatic carbocycles. The van der Waals surface area contributed by atoms with E-state index in [0.717, 1.165) is 44.9 Å². The van der Waals surface area contributed by atoms with Crippen molar-refractivity contribution >= 4 is 11.9 Å². The maximum Gasteiger partial charge on any atom is 0.302 e. The van der Waals surface area contributed by atoms with E-state index in [1.807, 2.05) is 6.92 Å². The second kappa shape index (κ2) is 7.50. The number of fused-ring (bicyclic) bond motifs is 5. The Kier molecular flexibility index (Phi) is 5.52. The van der Waals surface area contributed by atoms with Gasteiger partial charge < -0.3 is 14.6 Å². The highest BCUT2D eigenvalue weighted by Gasteiger charge is 2.66. The molecule has 0 heterocycles. The van der Waals surface area contributed by atoms with Gasteiger partial charge >= 0.3 is 11.9 Å². The maximum atomic E-state index is 11.7. The molecule has 4 rings (SSSR count). The van der Waals surface area contributed by atoms with Gasteiger partial charge in [-0.2, -0.15) is 0 Å². The van der Waals surface area contributed by atoms with Crippen molar-refractivity contribution in [1.29, 1.82) is 0 Å². The first-order chi connectivity index (χ1) is 14.0. The van der Waals surface area contributed by atoms with E-state index in [4.69, 9.17) is 9.47 Å². The Morgan fingerprint density at radius 3 is 2.30 bits per heavy atom.